The molecule has 0 saturated carbocycles. The molecule has 2 aromatic rings. The first-order valence-corrected chi connectivity index (χ1v) is 9.81. The molecule has 1 saturated heterocycles. The van der Waals surface area contributed by atoms with E-state index in [1.165, 1.54) is 0 Å². The molecule has 0 aliphatic carbocycles. The summed E-state index contributed by atoms with van der Waals surface area (Å²) in [7, 11) is 0. The number of aromatic nitrogens is 2. The lowest BCUT2D eigenvalue weighted by molar-refractivity contribution is 0.270. The second kappa shape index (κ2) is 8.89. The Hall–Kier alpha value is -1.56. The average molecular weight is 394 g/mol. The van der Waals surface area contributed by atoms with E-state index >= 15 is 0 Å². The molecule has 0 spiro atoms. The van der Waals surface area contributed by atoms with Gasteiger partial charge in [-0.3, -0.25) is 0 Å². The van der Waals surface area contributed by atoms with Gasteiger partial charge in [-0.2, -0.15) is 0 Å². The second-order valence-electron chi connectivity index (χ2n) is 6.49. The molecule has 0 unspecified atom stereocenters. The van der Waals surface area contributed by atoms with Crippen LogP contribution in [0.25, 0.3) is 0 Å². The molecular weight excluding hydrogens is 369 g/mol. The van der Waals surface area contributed by atoms with Gasteiger partial charge in [0.15, 0.2) is 0 Å². The lowest BCUT2D eigenvalue weighted by Crippen LogP contribution is -2.46. The largest absolute Gasteiger partial charge is 0.370 e. The summed E-state index contributed by atoms with van der Waals surface area (Å²) in [5.74, 6) is 2.64. The van der Waals surface area contributed by atoms with Crippen molar-refractivity contribution in [1.82, 2.24) is 14.9 Å². The van der Waals surface area contributed by atoms with Crippen molar-refractivity contribution in [2.45, 2.75) is 20.3 Å². The normalized spacial score (nSPS) is 15.3. The highest BCUT2D eigenvalue weighted by Crippen LogP contribution is 2.22. The highest BCUT2D eigenvalue weighted by molar-refractivity contribution is 6.35. The molecule has 7 heteroatoms. The molecule has 1 fully saturated rings. The van der Waals surface area contributed by atoms with Crippen molar-refractivity contribution in [3.8, 4) is 0 Å². The second-order valence-corrected chi connectivity index (χ2v) is 7.34. The SMILES string of the molecule is CCN1CCN(c2cc(NCCc3ccc(Cl)cc3Cl)nc(C)n2)CC1. The van der Waals surface area contributed by atoms with Crippen molar-refractivity contribution in [2.24, 2.45) is 0 Å². The molecule has 1 aliphatic heterocycles. The number of aryl methyl sites for hydroxylation is 1. The van der Waals surface area contributed by atoms with Crippen LogP contribution in [-0.2, 0) is 6.42 Å². The first-order valence-electron chi connectivity index (χ1n) is 9.06. The molecule has 26 heavy (non-hydrogen) atoms. The van der Waals surface area contributed by atoms with Gasteiger partial charge in [-0.1, -0.05) is 36.2 Å². The molecule has 140 valence electrons. The fourth-order valence-corrected chi connectivity index (χ4v) is 3.65. The Kier molecular flexibility index (Phi) is 6.57. The van der Waals surface area contributed by atoms with Gasteiger partial charge in [0.05, 0.1) is 0 Å². The minimum absolute atomic E-state index is 0.658. The molecule has 0 radical (unpaired) electrons. The van der Waals surface area contributed by atoms with Crippen LogP contribution in [0, 0.1) is 6.92 Å². The van der Waals surface area contributed by atoms with Crippen LogP contribution in [0.2, 0.25) is 10.0 Å². The number of nitrogens with zero attached hydrogens (tertiary/aromatic N) is 4. The van der Waals surface area contributed by atoms with E-state index in [1.54, 1.807) is 6.07 Å². The summed E-state index contributed by atoms with van der Waals surface area (Å²) in [6.07, 6.45) is 0.809. The number of halogens is 2. The highest BCUT2D eigenvalue weighted by Gasteiger charge is 2.17. The summed E-state index contributed by atoms with van der Waals surface area (Å²) in [6.45, 7) is 10.2. The predicted molar refractivity (Wildman–Crippen MR) is 110 cm³/mol. The van der Waals surface area contributed by atoms with Crippen molar-refractivity contribution >= 4 is 34.8 Å². The minimum atomic E-state index is 0.658. The van der Waals surface area contributed by atoms with E-state index in [9.17, 15) is 0 Å². The highest BCUT2D eigenvalue weighted by atomic mass is 35.5. The van der Waals surface area contributed by atoms with Crippen LogP contribution in [0.1, 0.15) is 18.3 Å². The van der Waals surface area contributed by atoms with Crippen LogP contribution in [0.5, 0.6) is 0 Å². The number of hydrogen-bond acceptors (Lipinski definition) is 5. The summed E-state index contributed by atoms with van der Waals surface area (Å²) in [6, 6.07) is 7.65. The smallest absolute Gasteiger partial charge is 0.134 e. The van der Waals surface area contributed by atoms with E-state index < -0.39 is 0 Å². The van der Waals surface area contributed by atoms with Gasteiger partial charge < -0.3 is 15.1 Å². The number of hydrogen-bond donors (Lipinski definition) is 1. The molecular formula is C19H25Cl2N5. The van der Waals surface area contributed by atoms with E-state index in [0.717, 1.165) is 68.7 Å². The molecule has 1 aliphatic rings. The molecule has 2 heterocycles. The maximum atomic E-state index is 6.24. The number of benzene rings is 1. The van der Waals surface area contributed by atoms with Gasteiger partial charge in [-0.05, 0) is 37.6 Å². The first kappa shape index (κ1) is 19.2. The quantitative estimate of drug-likeness (QED) is 0.806. The standard InChI is InChI=1S/C19H25Cl2N5/c1-3-25-8-10-26(11-9-25)19-13-18(23-14(2)24-19)22-7-6-15-4-5-16(20)12-17(15)21/h4-5,12-13H,3,6-11H2,1-2H3,(H,22,23,24). The lowest BCUT2D eigenvalue weighted by atomic mass is 10.1. The first-order chi connectivity index (χ1) is 12.5. The van der Waals surface area contributed by atoms with E-state index in [4.69, 9.17) is 23.2 Å². The van der Waals surface area contributed by atoms with Crippen LogP contribution in [0.15, 0.2) is 24.3 Å². The number of likely N-dealkylation sites (N-methyl/N-ethyl adjacent to an activating group) is 1. The molecule has 3 rings (SSSR count). The topological polar surface area (TPSA) is 44.3 Å². The zero-order valence-corrected chi connectivity index (χ0v) is 16.8. The van der Waals surface area contributed by atoms with Gasteiger partial charge in [0.1, 0.15) is 17.5 Å². The van der Waals surface area contributed by atoms with Gasteiger partial charge in [-0.25, -0.2) is 9.97 Å². The Balaban J connectivity index is 1.61. The van der Waals surface area contributed by atoms with E-state index in [-0.39, 0.29) is 0 Å². The molecule has 0 bridgehead atoms. The summed E-state index contributed by atoms with van der Waals surface area (Å²) >= 11 is 12.2. The van der Waals surface area contributed by atoms with Crippen LogP contribution < -0.4 is 10.2 Å². The zero-order valence-electron chi connectivity index (χ0n) is 15.3. The molecule has 1 N–H and O–H groups in total. The van der Waals surface area contributed by atoms with Crippen molar-refractivity contribution in [3.63, 3.8) is 0 Å². The summed E-state index contributed by atoms with van der Waals surface area (Å²) < 4.78 is 0. The van der Waals surface area contributed by atoms with Crippen LogP contribution in [0.4, 0.5) is 11.6 Å². The van der Waals surface area contributed by atoms with Gasteiger partial charge in [0.25, 0.3) is 0 Å². The third kappa shape index (κ3) is 5.00. The van der Waals surface area contributed by atoms with Gasteiger partial charge >= 0.3 is 0 Å². The van der Waals surface area contributed by atoms with E-state index in [1.807, 2.05) is 25.1 Å². The zero-order chi connectivity index (χ0) is 18.5. The van der Waals surface area contributed by atoms with Crippen molar-refractivity contribution < 1.29 is 0 Å². The minimum Gasteiger partial charge on any atom is -0.370 e. The third-order valence-corrected chi connectivity index (χ3v) is 5.27. The van der Waals surface area contributed by atoms with E-state index in [0.29, 0.717) is 10.0 Å². The molecule has 1 aromatic heterocycles. The van der Waals surface area contributed by atoms with Crippen LogP contribution in [-0.4, -0.2) is 54.1 Å². The Bertz CT molecular complexity index is 745. The van der Waals surface area contributed by atoms with Crippen molar-refractivity contribution in [3.05, 3.63) is 45.7 Å². The number of anilines is 2. The third-order valence-electron chi connectivity index (χ3n) is 4.68. The Morgan fingerprint density at radius 1 is 1.08 bits per heavy atom. The Morgan fingerprint density at radius 2 is 1.85 bits per heavy atom. The number of rotatable bonds is 6. The van der Waals surface area contributed by atoms with Gasteiger partial charge in [0.2, 0.25) is 0 Å². The van der Waals surface area contributed by atoms with Gasteiger partial charge in [0, 0.05) is 48.8 Å². The molecule has 1 aromatic carbocycles. The molecule has 0 atom stereocenters. The number of nitrogens with one attached hydrogen (secondary N) is 1. The summed E-state index contributed by atoms with van der Waals surface area (Å²) in [5.41, 5.74) is 1.07. The van der Waals surface area contributed by atoms with E-state index in [2.05, 4.69) is 32.0 Å². The lowest BCUT2D eigenvalue weighted by Gasteiger charge is -2.34. The van der Waals surface area contributed by atoms with Crippen molar-refractivity contribution in [2.75, 3.05) is 49.5 Å². The average Bonchev–Trinajstić information content (AvgIpc) is 2.63. The fourth-order valence-electron chi connectivity index (χ4n) is 3.15. The van der Waals surface area contributed by atoms with Crippen LogP contribution in [0.3, 0.4) is 0 Å². The Labute approximate surface area is 165 Å². The number of piperazine rings is 1. The maximum absolute atomic E-state index is 6.24. The Morgan fingerprint density at radius 3 is 2.54 bits per heavy atom. The van der Waals surface area contributed by atoms with Crippen molar-refractivity contribution in [1.29, 1.82) is 0 Å². The molecule has 0 amide bonds. The van der Waals surface area contributed by atoms with Gasteiger partial charge in [-0.15, -0.1) is 0 Å². The molecule has 5 nitrogen and oxygen atoms in total. The predicted octanol–water partition coefficient (Wildman–Crippen LogP) is 3.89. The summed E-state index contributed by atoms with van der Waals surface area (Å²) in [4.78, 5) is 13.9. The summed E-state index contributed by atoms with van der Waals surface area (Å²) in [5, 5.41) is 4.76. The fraction of sp³-hybridized carbons (Fsp3) is 0.474. The van der Waals surface area contributed by atoms with Crippen LogP contribution >= 0.6 is 23.2 Å². The monoisotopic (exact) mass is 393 g/mol. The maximum Gasteiger partial charge on any atom is 0.134 e.